The van der Waals surface area contributed by atoms with E-state index in [4.69, 9.17) is 4.74 Å². The van der Waals surface area contributed by atoms with Gasteiger partial charge in [0.2, 0.25) is 0 Å². The van der Waals surface area contributed by atoms with Gasteiger partial charge in [0.05, 0.1) is 6.61 Å². The van der Waals surface area contributed by atoms with Crippen LogP contribution in [-0.4, -0.2) is 26.8 Å². The number of nitrogens with zero attached hydrogens (tertiary/aromatic N) is 1. The molecule has 0 radical (unpaired) electrons. The Morgan fingerprint density at radius 3 is 2.57 bits per heavy atom. The molecule has 1 aromatic rings. The molecule has 0 saturated carbocycles. The van der Waals surface area contributed by atoms with Gasteiger partial charge in [-0.05, 0) is 25.5 Å². The van der Waals surface area contributed by atoms with Gasteiger partial charge >= 0.3 is 0 Å². The van der Waals surface area contributed by atoms with Crippen molar-refractivity contribution >= 4 is 5.69 Å². The third-order valence-corrected chi connectivity index (χ3v) is 2.40. The first-order valence-electron chi connectivity index (χ1n) is 5.09. The van der Waals surface area contributed by atoms with E-state index in [-0.39, 0.29) is 0 Å². The average Bonchev–Trinajstić information content (AvgIpc) is 2.21. The maximum absolute atomic E-state index is 5.09. The summed E-state index contributed by atoms with van der Waals surface area (Å²) in [5.74, 6) is 0. The van der Waals surface area contributed by atoms with E-state index in [1.807, 2.05) is 0 Å². The van der Waals surface area contributed by atoms with Gasteiger partial charge in [-0.3, -0.25) is 0 Å². The summed E-state index contributed by atoms with van der Waals surface area (Å²) >= 11 is 0. The summed E-state index contributed by atoms with van der Waals surface area (Å²) in [7, 11) is 1.74. The number of aryl methyl sites for hydroxylation is 1. The molecule has 1 aromatic carbocycles. The molecule has 2 nitrogen and oxygen atoms in total. The molecule has 0 saturated heterocycles. The molecule has 0 heterocycles. The number of ether oxygens (including phenoxy) is 1. The van der Waals surface area contributed by atoms with Gasteiger partial charge in [0.15, 0.2) is 0 Å². The Kier molecular flexibility index (Phi) is 4.47. The minimum absolute atomic E-state index is 0.780. The van der Waals surface area contributed by atoms with Gasteiger partial charge in [0, 0.05) is 25.9 Å². The van der Waals surface area contributed by atoms with Crippen LogP contribution in [0.4, 0.5) is 5.69 Å². The SMILES string of the molecule is CCN(CCOC)c1ccccc1C. The van der Waals surface area contributed by atoms with Crippen LogP contribution in [0.5, 0.6) is 0 Å². The minimum Gasteiger partial charge on any atom is -0.383 e. The zero-order valence-electron chi connectivity index (χ0n) is 9.29. The molecule has 0 fully saturated rings. The summed E-state index contributed by atoms with van der Waals surface area (Å²) in [6.07, 6.45) is 0. The Morgan fingerprint density at radius 2 is 2.00 bits per heavy atom. The first-order valence-corrected chi connectivity index (χ1v) is 5.09. The molecule has 0 aromatic heterocycles. The largest absolute Gasteiger partial charge is 0.383 e. The quantitative estimate of drug-likeness (QED) is 0.712. The number of rotatable bonds is 5. The Morgan fingerprint density at radius 1 is 1.29 bits per heavy atom. The number of anilines is 1. The molecular formula is C12H19NO. The van der Waals surface area contributed by atoms with E-state index in [2.05, 4.69) is 43.0 Å². The van der Waals surface area contributed by atoms with E-state index in [9.17, 15) is 0 Å². The predicted octanol–water partition coefficient (Wildman–Crippen LogP) is 2.47. The second kappa shape index (κ2) is 5.66. The molecular weight excluding hydrogens is 174 g/mol. The van der Waals surface area contributed by atoms with Crippen molar-refractivity contribution in [2.45, 2.75) is 13.8 Å². The fourth-order valence-electron chi connectivity index (χ4n) is 1.57. The van der Waals surface area contributed by atoms with Crippen molar-refractivity contribution in [3.05, 3.63) is 29.8 Å². The monoisotopic (exact) mass is 193 g/mol. The van der Waals surface area contributed by atoms with Crippen molar-refractivity contribution in [1.82, 2.24) is 0 Å². The zero-order valence-corrected chi connectivity index (χ0v) is 9.29. The number of likely N-dealkylation sites (N-methyl/N-ethyl adjacent to an activating group) is 1. The maximum Gasteiger partial charge on any atom is 0.0637 e. The van der Waals surface area contributed by atoms with Crippen molar-refractivity contribution in [2.24, 2.45) is 0 Å². The highest BCUT2D eigenvalue weighted by atomic mass is 16.5. The Labute approximate surface area is 86.5 Å². The number of hydrogen-bond acceptors (Lipinski definition) is 2. The van der Waals surface area contributed by atoms with Crippen LogP contribution in [0, 0.1) is 6.92 Å². The normalized spacial score (nSPS) is 10.2. The first-order chi connectivity index (χ1) is 6.79. The van der Waals surface area contributed by atoms with Crippen LogP contribution in [0.15, 0.2) is 24.3 Å². The molecule has 14 heavy (non-hydrogen) atoms. The molecule has 0 aliphatic rings. The lowest BCUT2D eigenvalue weighted by atomic mass is 10.2. The molecule has 2 heteroatoms. The van der Waals surface area contributed by atoms with Crippen molar-refractivity contribution in [1.29, 1.82) is 0 Å². The van der Waals surface area contributed by atoms with Gasteiger partial charge in [-0.15, -0.1) is 0 Å². The van der Waals surface area contributed by atoms with Crippen LogP contribution in [-0.2, 0) is 4.74 Å². The van der Waals surface area contributed by atoms with Gasteiger partial charge in [-0.1, -0.05) is 18.2 Å². The average molecular weight is 193 g/mol. The molecule has 0 N–H and O–H groups in total. The molecule has 0 atom stereocenters. The lowest BCUT2D eigenvalue weighted by Crippen LogP contribution is -2.27. The van der Waals surface area contributed by atoms with E-state index in [1.54, 1.807) is 7.11 Å². The second-order valence-electron chi connectivity index (χ2n) is 3.36. The van der Waals surface area contributed by atoms with Crippen LogP contribution in [0.25, 0.3) is 0 Å². The summed E-state index contributed by atoms with van der Waals surface area (Å²) in [4.78, 5) is 2.33. The smallest absolute Gasteiger partial charge is 0.0637 e. The summed E-state index contributed by atoms with van der Waals surface area (Å²) in [5.41, 5.74) is 2.64. The highest BCUT2D eigenvalue weighted by Crippen LogP contribution is 2.18. The molecule has 78 valence electrons. The van der Waals surface area contributed by atoms with Crippen LogP contribution < -0.4 is 4.90 Å². The molecule has 0 unspecified atom stereocenters. The van der Waals surface area contributed by atoms with Crippen LogP contribution in [0.1, 0.15) is 12.5 Å². The molecule has 1 rings (SSSR count). The van der Waals surface area contributed by atoms with E-state index in [1.165, 1.54) is 11.3 Å². The van der Waals surface area contributed by atoms with Gasteiger partial charge in [0.1, 0.15) is 0 Å². The van der Waals surface area contributed by atoms with E-state index in [0.29, 0.717) is 0 Å². The Bertz CT molecular complexity index is 273. The lowest BCUT2D eigenvalue weighted by Gasteiger charge is -2.24. The van der Waals surface area contributed by atoms with Gasteiger partial charge in [0.25, 0.3) is 0 Å². The standard InChI is InChI=1S/C12H19NO/c1-4-13(9-10-14-3)12-8-6-5-7-11(12)2/h5-8H,4,9-10H2,1-3H3. The first kappa shape index (κ1) is 11.1. The van der Waals surface area contributed by atoms with Gasteiger partial charge in [-0.2, -0.15) is 0 Å². The Hall–Kier alpha value is -1.02. The molecule has 0 aliphatic carbocycles. The van der Waals surface area contributed by atoms with Crippen LogP contribution in [0.2, 0.25) is 0 Å². The highest BCUT2D eigenvalue weighted by molar-refractivity contribution is 5.52. The molecule has 0 amide bonds. The van der Waals surface area contributed by atoms with E-state index < -0.39 is 0 Å². The predicted molar refractivity (Wildman–Crippen MR) is 60.9 cm³/mol. The molecule has 0 aliphatic heterocycles. The summed E-state index contributed by atoms with van der Waals surface area (Å²) < 4.78 is 5.09. The number of benzene rings is 1. The maximum atomic E-state index is 5.09. The molecule has 0 bridgehead atoms. The summed E-state index contributed by atoms with van der Waals surface area (Å²) in [6.45, 7) is 7.07. The summed E-state index contributed by atoms with van der Waals surface area (Å²) in [6, 6.07) is 8.46. The Balaban J connectivity index is 2.73. The van der Waals surface area contributed by atoms with Crippen LogP contribution in [0.3, 0.4) is 0 Å². The fraction of sp³-hybridized carbons (Fsp3) is 0.500. The second-order valence-corrected chi connectivity index (χ2v) is 3.36. The zero-order chi connectivity index (χ0) is 10.4. The fourth-order valence-corrected chi connectivity index (χ4v) is 1.57. The molecule has 0 spiro atoms. The van der Waals surface area contributed by atoms with Crippen molar-refractivity contribution < 1.29 is 4.74 Å². The minimum atomic E-state index is 0.780. The van der Waals surface area contributed by atoms with Crippen molar-refractivity contribution in [3.8, 4) is 0 Å². The van der Waals surface area contributed by atoms with E-state index >= 15 is 0 Å². The van der Waals surface area contributed by atoms with Gasteiger partial charge in [-0.25, -0.2) is 0 Å². The van der Waals surface area contributed by atoms with Crippen LogP contribution >= 0.6 is 0 Å². The highest BCUT2D eigenvalue weighted by Gasteiger charge is 2.05. The van der Waals surface area contributed by atoms with Crippen molar-refractivity contribution in [2.75, 3.05) is 31.7 Å². The third kappa shape index (κ3) is 2.74. The van der Waals surface area contributed by atoms with Crippen molar-refractivity contribution in [3.63, 3.8) is 0 Å². The number of hydrogen-bond donors (Lipinski definition) is 0. The topological polar surface area (TPSA) is 12.5 Å². The number of methoxy groups -OCH3 is 1. The third-order valence-electron chi connectivity index (χ3n) is 2.40. The summed E-state index contributed by atoms with van der Waals surface area (Å²) in [5, 5.41) is 0. The number of para-hydroxylation sites is 1. The van der Waals surface area contributed by atoms with E-state index in [0.717, 1.165) is 19.7 Å². The lowest BCUT2D eigenvalue weighted by molar-refractivity contribution is 0.205. The van der Waals surface area contributed by atoms with Gasteiger partial charge < -0.3 is 9.64 Å².